The van der Waals surface area contributed by atoms with Crippen LogP contribution in [-0.4, -0.2) is 4.92 Å². The van der Waals surface area contributed by atoms with Gasteiger partial charge in [0.05, 0.1) is 10.5 Å². The van der Waals surface area contributed by atoms with E-state index in [4.69, 9.17) is 0 Å². The highest BCUT2D eigenvalue weighted by Gasteiger charge is 2.24. The Kier molecular flexibility index (Phi) is 3.69. The van der Waals surface area contributed by atoms with Crippen LogP contribution in [0.25, 0.3) is 33.4 Å². The molecule has 0 amide bonds. The number of fused-ring (bicyclic) bond motifs is 5. The maximum Gasteiger partial charge on any atom is 0.277 e. The molecule has 4 nitrogen and oxygen atoms in total. The van der Waals surface area contributed by atoms with Crippen molar-refractivity contribution in [2.24, 2.45) is 0 Å². The van der Waals surface area contributed by atoms with Crippen molar-refractivity contribution in [1.29, 1.82) is 0 Å². The molecule has 28 heavy (non-hydrogen) atoms. The van der Waals surface area contributed by atoms with E-state index in [0.29, 0.717) is 5.56 Å². The Bertz CT molecular complexity index is 1230. The Labute approximate surface area is 162 Å². The number of nitrogens with zero attached hydrogens (tertiary/aromatic N) is 1. The number of rotatable bonds is 2. The fourth-order valence-electron chi connectivity index (χ4n) is 3.94. The molecule has 134 valence electrons. The molecule has 0 atom stereocenters. The first-order valence-electron chi connectivity index (χ1n) is 9.06. The van der Waals surface area contributed by atoms with Crippen molar-refractivity contribution in [3.8, 4) is 33.4 Å². The summed E-state index contributed by atoms with van der Waals surface area (Å²) in [5.74, 6) is 0. The molecule has 0 unspecified atom stereocenters. The number of anilines is 2. The van der Waals surface area contributed by atoms with Crippen LogP contribution in [-0.2, 0) is 0 Å². The van der Waals surface area contributed by atoms with Crippen LogP contribution in [0.3, 0.4) is 0 Å². The summed E-state index contributed by atoms with van der Waals surface area (Å²) in [5.41, 5.74) is 7.78. The molecular weight excluding hydrogens is 348 g/mol. The van der Waals surface area contributed by atoms with Crippen LogP contribution in [0.2, 0.25) is 0 Å². The molecule has 0 spiro atoms. The van der Waals surface area contributed by atoms with E-state index < -0.39 is 0 Å². The molecule has 0 fully saturated rings. The zero-order valence-electron chi connectivity index (χ0n) is 14.9. The lowest BCUT2D eigenvalue weighted by Gasteiger charge is -2.15. The minimum atomic E-state index is -0.320. The lowest BCUT2D eigenvalue weighted by molar-refractivity contribution is -0.384. The van der Waals surface area contributed by atoms with Gasteiger partial charge in [-0.3, -0.25) is 10.1 Å². The van der Waals surface area contributed by atoms with E-state index in [0.717, 1.165) is 39.2 Å². The van der Waals surface area contributed by atoms with Gasteiger partial charge >= 0.3 is 0 Å². The molecule has 0 saturated carbocycles. The summed E-state index contributed by atoms with van der Waals surface area (Å²) in [7, 11) is 0. The molecule has 0 saturated heterocycles. The van der Waals surface area contributed by atoms with Gasteiger partial charge in [-0.2, -0.15) is 0 Å². The first kappa shape index (κ1) is 16.3. The third-order valence-corrected chi connectivity index (χ3v) is 5.14. The fourth-order valence-corrected chi connectivity index (χ4v) is 3.94. The normalized spacial score (nSPS) is 11.4. The summed E-state index contributed by atoms with van der Waals surface area (Å²) in [6.45, 7) is 0. The molecule has 0 radical (unpaired) electrons. The van der Waals surface area contributed by atoms with Gasteiger partial charge in [0.15, 0.2) is 0 Å². The molecule has 4 aromatic carbocycles. The summed E-state index contributed by atoms with van der Waals surface area (Å²) >= 11 is 0. The van der Waals surface area contributed by atoms with Crippen molar-refractivity contribution in [1.82, 2.24) is 0 Å². The smallest absolute Gasteiger partial charge is 0.277 e. The molecule has 1 aliphatic rings. The largest absolute Gasteiger partial charge is 0.354 e. The summed E-state index contributed by atoms with van der Waals surface area (Å²) in [4.78, 5) is 11.3. The van der Waals surface area contributed by atoms with Gasteiger partial charge in [0, 0.05) is 28.6 Å². The topological polar surface area (TPSA) is 55.2 Å². The summed E-state index contributed by atoms with van der Waals surface area (Å²) in [5, 5.41) is 15.2. The van der Waals surface area contributed by atoms with E-state index in [2.05, 4.69) is 29.6 Å². The van der Waals surface area contributed by atoms with Crippen molar-refractivity contribution in [2.75, 3.05) is 5.32 Å². The van der Waals surface area contributed by atoms with E-state index in [1.165, 1.54) is 0 Å². The second-order valence-electron chi connectivity index (χ2n) is 6.72. The molecule has 1 N–H and O–H groups in total. The van der Waals surface area contributed by atoms with E-state index in [1.54, 1.807) is 12.1 Å². The maximum atomic E-state index is 11.6. The van der Waals surface area contributed by atoms with Crippen LogP contribution in [0.4, 0.5) is 17.1 Å². The second-order valence-corrected chi connectivity index (χ2v) is 6.72. The van der Waals surface area contributed by atoms with Crippen molar-refractivity contribution >= 4 is 17.1 Å². The highest BCUT2D eigenvalue weighted by atomic mass is 16.6. The van der Waals surface area contributed by atoms with E-state index in [9.17, 15) is 10.1 Å². The van der Waals surface area contributed by atoms with Crippen molar-refractivity contribution in [3.63, 3.8) is 0 Å². The molecule has 1 heterocycles. The first-order chi connectivity index (χ1) is 13.7. The minimum Gasteiger partial charge on any atom is -0.354 e. The van der Waals surface area contributed by atoms with Crippen molar-refractivity contribution < 1.29 is 4.92 Å². The van der Waals surface area contributed by atoms with E-state index in [-0.39, 0.29) is 10.6 Å². The number of nitrogens with one attached hydrogen (secondary N) is 1. The van der Waals surface area contributed by atoms with Gasteiger partial charge in [0.1, 0.15) is 0 Å². The van der Waals surface area contributed by atoms with Gasteiger partial charge in [-0.25, -0.2) is 0 Å². The summed E-state index contributed by atoms with van der Waals surface area (Å²) in [6, 6.07) is 29.2. The number of para-hydroxylation sites is 2. The number of nitro benzene ring substituents is 1. The third-order valence-electron chi connectivity index (χ3n) is 5.14. The minimum absolute atomic E-state index is 0.107. The average molecular weight is 364 g/mol. The summed E-state index contributed by atoms with van der Waals surface area (Å²) in [6.07, 6.45) is 0. The molecular formula is C24H16N2O2. The van der Waals surface area contributed by atoms with E-state index >= 15 is 0 Å². The van der Waals surface area contributed by atoms with Crippen LogP contribution < -0.4 is 5.32 Å². The highest BCUT2D eigenvalue weighted by Crippen LogP contribution is 2.48. The lowest BCUT2D eigenvalue weighted by atomic mass is 9.89. The SMILES string of the molecule is O=[N+]([O-])c1ccccc1-c1cccc2c1-c1ccccc1-c1ccccc1N2. The zero-order valence-corrected chi connectivity index (χ0v) is 14.9. The van der Waals surface area contributed by atoms with Crippen molar-refractivity contribution in [2.45, 2.75) is 0 Å². The van der Waals surface area contributed by atoms with Crippen LogP contribution in [0.5, 0.6) is 0 Å². The fraction of sp³-hybridized carbons (Fsp3) is 0. The van der Waals surface area contributed by atoms with Gasteiger partial charge < -0.3 is 5.32 Å². The predicted octanol–water partition coefficient (Wildman–Crippen LogP) is 6.65. The van der Waals surface area contributed by atoms with Gasteiger partial charge in [-0.15, -0.1) is 0 Å². The van der Waals surface area contributed by atoms with Gasteiger partial charge in [-0.05, 0) is 34.9 Å². The van der Waals surface area contributed by atoms with Crippen LogP contribution in [0.15, 0.2) is 91.0 Å². The third kappa shape index (κ3) is 2.47. The number of benzene rings is 4. The van der Waals surface area contributed by atoms with Gasteiger partial charge in [0.2, 0.25) is 0 Å². The van der Waals surface area contributed by atoms with Crippen LogP contribution >= 0.6 is 0 Å². The monoisotopic (exact) mass is 364 g/mol. The second kappa shape index (κ2) is 6.35. The van der Waals surface area contributed by atoms with Crippen LogP contribution in [0.1, 0.15) is 0 Å². The Morgan fingerprint density at radius 2 is 1.14 bits per heavy atom. The number of hydrogen-bond donors (Lipinski definition) is 1. The molecule has 4 aromatic rings. The van der Waals surface area contributed by atoms with Crippen molar-refractivity contribution in [3.05, 3.63) is 101 Å². The lowest BCUT2D eigenvalue weighted by Crippen LogP contribution is -1.96. The van der Waals surface area contributed by atoms with E-state index in [1.807, 2.05) is 54.6 Å². The quantitative estimate of drug-likeness (QED) is 0.282. The number of nitro groups is 1. The Morgan fingerprint density at radius 1 is 0.571 bits per heavy atom. The Hall–Kier alpha value is -3.92. The average Bonchev–Trinajstić information content (AvgIpc) is 2.88. The molecule has 0 bridgehead atoms. The zero-order chi connectivity index (χ0) is 19.1. The van der Waals surface area contributed by atoms with Crippen LogP contribution in [0, 0.1) is 10.1 Å². The number of hydrogen-bond acceptors (Lipinski definition) is 3. The molecule has 0 aliphatic carbocycles. The first-order valence-corrected chi connectivity index (χ1v) is 9.06. The molecule has 0 aromatic heterocycles. The highest BCUT2D eigenvalue weighted by molar-refractivity contribution is 6.04. The summed E-state index contributed by atoms with van der Waals surface area (Å²) < 4.78 is 0. The maximum absolute atomic E-state index is 11.6. The molecule has 5 rings (SSSR count). The predicted molar refractivity (Wildman–Crippen MR) is 113 cm³/mol. The van der Waals surface area contributed by atoms with Gasteiger partial charge in [-0.1, -0.05) is 66.7 Å². The molecule has 4 heteroatoms. The molecule has 1 aliphatic heterocycles. The van der Waals surface area contributed by atoms with Gasteiger partial charge in [0.25, 0.3) is 5.69 Å². The Balaban J connectivity index is 1.87. The standard InChI is InChI=1S/C24H16N2O2/c27-26(28)23-15-6-4-10-18(23)20-12-7-14-22-24(20)19-11-2-1-8-16(19)17-9-3-5-13-21(17)25-22/h1-15,25H. The Morgan fingerprint density at radius 3 is 1.93 bits per heavy atom.